The van der Waals surface area contributed by atoms with Crippen LogP contribution in [0.15, 0.2) is 36.4 Å². The molecule has 0 spiro atoms. The van der Waals surface area contributed by atoms with E-state index in [1.807, 2.05) is 12.1 Å². The number of rotatable bonds is 4. The molecule has 1 fully saturated rings. The minimum absolute atomic E-state index is 0.460. The second-order valence-corrected chi connectivity index (χ2v) is 7.53. The Balaban J connectivity index is 1.76. The van der Waals surface area contributed by atoms with E-state index in [0.717, 1.165) is 11.5 Å². The number of nitrogens with zero attached hydrogens (tertiary/aromatic N) is 1. The van der Waals surface area contributed by atoms with Crippen LogP contribution in [0.2, 0.25) is 0 Å². The molecule has 0 radical (unpaired) electrons. The third-order valence-corrected chi connectivity index (χ3v) is 6.10. The predicted molar refractivity (Wildman–Crippen MR) is 101 cm³/mol. The van der Waals surface area contributed by atoms with Crippen molar-refractivity contribution in [1.29, 1.82) is 5.26 Å². The molecule has 0 aliphatic heterocycles. The minimum Gasteiger partial charge on any atom is -0.205 e. The number of hydrogen-bond donors (Lipinski definition) is 0. The maximum absolute atomic E-state index is 13.8. The van der Waals surface area contributed by atoms with Gasteiger partial charge in [-0.25, -0.2) is 8.78 Å². The van der Waals surface area contributed by atoms with Crippen LogP contribution in [0.1, 0.15) is 63.0 Å². The third-order valence-electron chi connectivity index (χ3n) is 6.10. The van der Waals surface area contributed by atoms with Gasteiger partial charge in [0.1, 0.15) is 23.3 Å². The van der Waals surface area contributed by atoms with Crippen LogP contribution >= 0.6 is 0 Å². The first-order valence-electron chi connectivity index (χ1n) is 9.53. The third kappa shape index (κ3) is 3.80. The zero-order valence-electron chi connectivity index (χ0n) is 15.4. The van der Waals surface area contributed by atoms with Gasteiger partial charge in [0, 0.05) is 0 Å². The Labute approximate surface area is 154 Å². The van der Waals surface area contributed by atoms with Gasteiger partial charge in [0.2, 0.25) is 0 Å². The van der Waals surface area contributed by atoms with Crippen LogP contribution in [0, 0.1) is 34.8 Å². The quantitative estimate of drug-likeness (QED) is 0.591. The molecule has 0 bridgehead atoms. The average Bonchev–Trinajstić information content (AvgIpc) is 2.67. The van der Waals surface area contributed by atoms with Crippen LogP contribution in [0.3, 0.4) is 0 Å². The predicted octanol–water partition coefficient (Wildman–Crippen LogP) is 6.82. The van der Waals surface area contributed by atoms with Gasteiger partial charge in [-0.05, 0) is 59.4 Å². The number of benzene rings is 2. The Kier molecular flexibility index (Phi) is 5.71. The lowest BCUT2D eigenvalue weighted by Gasteiger charge is -2.32. The largest absolute Gasteiger partial charge is 0.205 e. The minimum atomic E-state index is -0.812. The fourth-order valence-corrected chi connectivity index (χ4v) is 4.19. The van der Waals surface area contributed by atoms with E-state index in [1.165, 1.54) is 49.8 Å². The van der Waals surface area contributed by atoms with Gasteiger partial charge in [0.25, 0.3) is 0 Å². The van der Waals surface area contributed by atoms with E-state index in [1.54, 1.807) is 6.07 Å². The van der Waals surface area contributed by atoms with Gasteiger partial charge >= 0.3 is 0 Å². The lowest BCUT2D eigenvalue weighted by Crippen LogP contribution is -2.18. The summed E-state index contributed by atoms with van der Waals surface area (Å²) in [6, 6.07) is 12.0. The highest BCUT2D eigenvalue weighted by Gasteiger charge is 2.25. The van der Waals surface area contributed by atoms with E-state index in [0.29, 0.717) is 17.4 Å². The van der Waals surface area contributed by atoms with Gasteiger partial charge in [-0.3, -0.25) is 0 Å². The van der Waals surface area contributed by atoms with Gasteiger partial charge in [-0.1, -0.05) is 57.4 Å². The summed E-state index contributed by atoms with van der Waals surface area (Å²) in [5.41, 5.74) is 1.98. The number of nitriles is 1. The van der Waals surface area contributed by atoms with Crippen LogP contribution in [-0.4, -0.2) is 0 Å². The van der Waals surface area contributed by atoms with E-state index in [4.69, 9.17) is 5.26 Å². The SMILES string of the molecule is CCC1CCC(C(C)c2ccc(-c3cc(F)c(C#N)c(F)c3)cc2)CC1. The van der Waals surface area contributed by atoms with Crippen LogP contribution < -0.4 is 0 Å². The van der Waals surface area contributed by atoms with Crippen molar-refractivity contribution in [2.24, 2.45) is 11.8 Å². The summed E-state index contributed by atoms with van der Waals surface area (Å²) in [4.78, 5) is 0. The highest BCUT2D eigenvalue weighted by molar-refractivity contribution is 5.65. The Morgan fingerprint density at radius 3 is 2.08 bits per heavy atom. The first-order valence-corrected chi connectivity index (χ1v) is 9.53. The van der Waals surface area contributed by atoms with Crippen molar-refractivity contribution in [3.63, 3.8) is 0 Å². The molecule has 0 saturated heterocycles. The van der Waals surface area contributed by atoms with Crippen LogP contribution in [0.5, 0.6) is 0 Å². The van der Waals surface area contributed by atoms with E-state index < -0.39 is 17.2 Å². The number of hydrogen-bond acceptors (Lipinski definition) is 1. The van der Waals surface area contributed by atoms with E-state index >= 15 is 0 Å². The lowest BCUT2D eigenvalue weighted by atomic mass is 9.73. The molecular formula is C23H25F2N. The molecule has 1 saturated carbocycles. The zero-order valence-corrected chi connectivity index (χ0v) is 15.4. The number of halogens is 2. The summed E-state index contributed by atoms with van der Waals surface area (Å²) in [6.07, 6.45) is 6.51. The molecule has 1 atom stereocenters. The Morgan fingerprint density at radius 2 is 1.58 bits per heavy atom. The fourth-order valence-electron chi connectivity index (χ4n) is 4.19. The summed E-state index contributed by atoms with van der Waals surface area (Å²) in [6.45, 7) is 4.56. The fraction of sp³-hybridized carbons (Fsp3) is 0.435. The Morgan fingerprint density at radius 1 is 1.00 bits per heavy atom. The topological polar surface area (TPSA) is 23.8 Å². The lowest BCUT2D eigenvalue weighted by molar-refractivity contribution is 0.244. The van der Waals surface area contributed by atoms with Crippen LogP contribution in [0.25, 0.3) is 11.1 Å². The first-order chi connectivity index (χ1) is 12.5. The van der Waals surface area contributed by atoms with Crippen molar-refractivity contribution < 1.29 is 8.78 Å². The molecule has 2 aromatic rings. The molecule has 0 amide bonds. The molecule has 1 aliphatic carbocycles. The Bertz CT molecular complexity index is 773. The molecule has 136 valence electrons. The summed E-state index contributed by atoms with van der Waals surface area (Å²) < 4.78 is 27.7. The zero-order chi connectivity index (χ0) is 18.7. The van der Waals surface area contributed by atoms with E-state index in [-0.39, 0.29) is 0 Å². The first kappa shape index (κ1) is 18.6. The molecule has 3 rings (SSSR count). The van der Waals surface area contributed by atoms with Gasteiger partial charge in [-0.2, -0.15) is 5.26 Å². The molecule has 1 aliphatic rings. The summed E-state index contributed by atoms with van der Waals surface area (Å²) in [5, 5.41) is 8.78. The highest BCUT2D eigenvalue weighted by Crippen LogP contribution is 2.39. The van der Waals surface area contributed by atoms with Crippen molar-refractivity contribution >= 4 is 0 Å². The van der Waals surface area contributed by atoms with Crippen LogP contribution in [-0.2, 0) is 0 Å². The normalized spacial score (nSPS) is 21.2. The van der Waals surface area contributed by atoms with Gasteiger partial charge in [-0.15, -0.1) is 0 Å². The van der Waals surface area contributed by atoms with E-state index in [9.17, 15) is 8.78 Å². The maximum Gasteiger partial charge on any atom is 0.144 e. The standard InChI is InChI=1S/C23H25F2N/c1-3-16-4-6-17(7-5-16)15(2)18-8-10-19(11-9-18)20-12-22(24)21(14-26)23(25)13-20/h8-13,15-17H,3-7H2,1-2H3. The highest BCUT2D eigenvalue weighted by atomic mass is 19.1. The molecule has 0 N–H and O–H groups in total. The molecule has 26 heavy (non-hydrogen) atoms. The summed E-state index contributed by atoms with van der Waals surface area (Å²) in [7, 11) is 0. The second-order valence-electron chi connectivity index (χ2n) is 7.53. The van der Waals surface area contributed by atoms with Crippen molar-refractivity contribution in [2.75, 3.05) is 0 Å². The molecule has 2 aromatic carbocycles. The van der Waals surface area contributed by atoms with E-state index in [2.05, 4.69) is 26.0 Å². The maximum atomic E-state index is 13.8. The Hall–Kier alpha value is -2.21. The van der Waals surface area contributed by atoms with Crippen molar-refractivity contribution in [2.45, 2.75) is 51.9 Å². The van der Waals surface area contributed by atoms with Gasteiger partial charge in [0.05, 0.1) is 0 Å². The molecule has 0 aromatic heterocycles. The summed E-state index contributed by atoms with van der Waals surface area (Å²) in [5.74, 6) is 0.479. The van der Waals surface area contributed by atoms with Crippen LogP contribution in [0.4, 0.5) is 8.78 Å². The smallest absolute Gasteiger partial charge is 0.144 e. The second kappa shape index (κ2) is 7.99. The van der Waals surface area contributed by atoms with Gasteiger partial charge in [0.15, 0.2) is 0 Å². The molecule has 1 nitrogen and oxygen atoms in total. The average molecular weight is 353 g/mol. The van der Waals surface area contributed by atoms with Crippen molar-refractivity contribution in [3.8, 4) is 17.2 Å². The molecule has 0 heterocycles. The molecular weight excluding hydrogens is 328 g/mol. The molecule has 1 unspecified atom stereocenters. The van der Waals surface area contributed by atoms with Crippen molar-refractivity contribution in [3.05, 3.63) is 59.2 Å². The summed E-state index contributed by atoms with van der Waals surface area (Å²) >= 11 is 0. The molecule has 3 heteroatoms. The van der Waals surface area contributed by atoms with Gasteiger partial charge < -0.3 is 0 Å². The van der Waals surface area contributed by atoms with Crippen molar-refractivity contribution in [1.82, 2.24) is 0 Å². The monoisotopic (exact) mass is 353 g/mol.